The number of hydrogen-bond acceptors (Lipinski definition) is 4. The van der Waals surface area contributed by atoms with E-state index in [1.807, 2.05) is 25.1 Å². The van der Waals surface area contributed by atoms with Gasteiger partial charge < -0.3 is 20.3 Å². The average Bonchev–Trinajstić information content (AvgIpc) is 2.83. The fourth-order valence-electron chi connectivity index (χ4n) is 3.26. The maximum Gasteiger partial charge on any atom is 0.254 e. The lowest BCUT2D eigenvalue weighted by Gasteiger charge is -2.22. The molecule has 3 rings (SSSR count). The highest BCUT2D eigenvalue weighted by Crippen LogP contribution is 2.15. The molecule has 7 nitrogen and oxygen atoms in total. The molecule has 0 heterocycles. The maximum atomic E-state index is 13.3. The summed E-state index contributed by atoms with van der Waals surface area (Å²) in [6.07, 6.45) is 0. The van der Waals surface area contributed by atoms with Crippen LogP contribution in [-0.4, -0.2) is 42.8 Å². The summed E-state index contributed by atoms with van der Waals surface area (Å²) in [5.41, 5.74) is 2.66. The second-order valence-corrected chi connectivity index (χ2v) is 7.71. The maximum absolute atomic E-state index is 13.3. The van der Waals surface area contributed by atoms with Crippen LogP contribution in [0.1, 0.15) is 21.5 Å². The van der Waals surface area contributed by atoms with Crippen LogP contribution >= 0.6 is 0 Å². The molecule has 3 aromatic rings. The average molecular weight is 464 g/mol. The second-order valence-electron chi connectivity index (χ2n) is 7.71. The van der Waals surface area contributed by atoms with Crippen LogP contribution in [-0.2, 0) is 16.1 Å². The number of carbonyl (C=O) groups excluding carboxylic acids is 3. The minimum atomic E-state index is -0.497. The van der Waals surface area contributed by atoms with E-state index in [1.54, 1.807) is 42.5 Å². The standard InChI is InChI=1S/C26H26FN3O4/c1-18-4-3-5-22(14-18)29-24(31)15-28-25(32)17-30(16-19-6-10-21(27)11-7-19)26(33)20-8-12-23(34-2)13-9-20/h3-14H,15-17H2,1-2H3,(H,28,32)(H,29,31). The van der Waals surface area contributed by atoms with E-state index in [0.717, 1.165) is 5.56 Å². The lowest BCUT2D eigenvalue weighted by Crippen LogP contribution is -2.42. The first kappa shape index (κ1) is 24.4. The zero-order chi connectivity index (χ0) is 24.5. The second kappa shape index (κ2) is 11.6. The van der Waals surface area contributed by atoms with E-state index >= 15 is 0 Å². The van der Waals surface area contributed by atoms with E-state index in [9.17, 15) is 18.8 Å². The lowest BCUT2D eigenvalue weighted by molar-refractivity contribution is -0.124. The predicted octanol–water partition coefficient (Wildman–Crippen LogP) is 3.54. The van der Waals surface area contributed by atoms with Gasteiger partial charge in [0.25, 0.3) is 5.91 Å². The minimum absolute atomic E-state index is 0.0913. The Morgan fingerprint density at radius 1 is 0.941 bits per heavy atom. The Morgan fingerprint density at radius 2 is 1.65 bits per heavy atom. The van der Waals surface area contributed by atoms with Crippen molar-refractivity contribution in [1.82, 2.24) is 10.2 Å². The number of rotatable bonds is 9. The van der Waals surface area contributed by atoms with Crippen molar-refractivity contribution in [3.63, 3.8) is 0 Å². The molecule has 0 radical (unpaired) electrons. The van der Waals surface area contributed by atoms with Crippen LogP contribution in [0.25, 0.3) is 0 Å². The van der Waals surface area contributed by atoms with Crippen molar-refractivity contribution in [2.75, 3.05) is 25.5 Å². The van der Waals surface area contributed by atoms with Gasteiger partial charge in [-0.05, 0) is 66.6 Å². The molecule has 3 amide bonds. The van der Waals surface area contributed by atoms with E-state index in [2.05, 4.69) is 10.6 Å². The van der Waals surface area contributed by atoms with E-state index in [1.165, 1.54) is 24.1 Å². The van der Waals surface area contributed by atoms with E-state index in [4.69, 9.17) is 4.74 Å². The molecule has 0 aliphatic carbocycles. The first-order chi connectivity index (χ1) is 16.3. The first-order valence-corrected chi connectivity index (χ1v) is 10.6. The molecule has 0 aliphatic rings. The van der Waals surface area contributed by atoms with Crippen molar-refractivity contribution >= 4 is 23.4 Å². The highest BCUT2D eigenvalue weighted by Gasteiger charge is 2.20. The van der Waals surface area contributed by atoms with Crippen molar-refractivity contribution in [2.24, 2.45) is 0 Å². The van der Waals surface area contributed by atoms with Crippen LogP contribution < -0.4 is 15.4 Å². The van der Waals surface area contributed by atoms with Gasteiger partial charge in [-0.3, -0.25) is 14.4 Å². The molecule has 34 heavy (non-hydrogen) atoms. The number of ether oxygens (including phenoxy) is 1. The number of carbonyl (C=O) groups is 3. The Bertz CT molecular complexity index is 1150. The predicted molar refractivity (Wildman–Crippen MR) is 127 cm³/mol. The lowest BCUT2D eigenvalue weighted by atomic mass is 10.1. The smallest absolute Gasteiger partial charge is 0.254 e. The Kier molecular flexibility index (Phi) is 8.34. The highest BCUT2D eigenvalue weighted by molar-refractivity contribution is 5.98. The number of benzene rings is 3. The van der Waals surface area contributed by atoms with Crippen molar-refractivity contribution in [2.45, 2.75) is 13.5 Å². The molecule has 0 aromatic heterocycles. The van der Waals surface area contributed by atoms with E-state index < -0.39 is 11.7 Å². The number of halogens is 1. The number of nitrogens with zero attached hydrogens (tertiary/aromatic N) is 1. The van der Waals surface area contributed by atoms with Crippen LogP contribution in [0.15, 0.2) is 72.8 Å². The monoisotopic (exact) mass is 463 g/mol. The molecule has 0 aliphatic heterocycles. The summed E-state index contributed by atoms with van der Waals surface area (Å²) < 4.78 is 18.4. The zero-order valence-corrected chi connectivity index (χ0v) is 19.0. The molecule has 0 unspecified atom stereocenters. The van der Waals surface area contributed by atoms with Crippen LogP contribution in [0.5, 0.6) is 5.75 Å². The number of aryl methyl sites for hydroxylation is 1. The fourth-order valence-corrected chi connectivity index (χ4v) is 3.26. The molecule has 0 fully saturated rings. The molecule has 0 bridgehead atoms. The molecule has 0 atom stereocenters. The quantitative estimate of drug-likeness (QED) is 0.508. The number of anilines is 1. The largest absolute Gasteiger partial charge is 0.497 e. The van der Waals surface area contributed by atoms with Crippen LogP contribution in [0.3, 0.4) is 0 Å². The molecular weight excluding hydrogens is 437 g/mol. The topological polar surface area (TPSA) is 87.7 Å². The van der Waals surface area contributed by atoms with Gasteiger partial charge in [-0.2, -0.15) is 0 Å². The van der Waals surface area contributed by atoms with Gasteiger partial charge in [-0.1, -0.05) is 24.3 Å². The van der Waals surface area contributed by atoms with Gasteiger partial charge >= 0.3 is 0 Å². The van der Waals surface area contributed by atoms with Crippen molar-refractivity contribution in [1.29, 1.82) is 0 Å². The number of nitrogens with one attached hydrogen (secondary N) is 2. The van der Waals surface area contributed by atoms with Gasteiger partial charge in [0.15, 0.2) is 0 Å². The Balaban J connectivity index is 1.65. The van der Waals surface area contributed by atoms with Crippen LogP contribution in [0.2, 0.25) is 0 Å². The Hall–Kier alpha value is -4.20. The molecule has 3 aromatic carbocycles. The third-order valence-electron chi connectivity index (χ3n) is 4.99. The van der Waals surface area contributed by atoms with Gasteiger partial charge in [-0.25, -0.2) is 4.39 Å². The third-order valence-corrected chi connectivity index (χ3v) is 4.99. The van der Waals surface area contributed by atoms with Gasteiger partial charge in [0.2, 0.25) is 11.8 Å². The highest BCUT2D eigenvalue weighted by atomic mass is 19.1. The molecule has 0 saturated carbocycles. The summed E-state index contributed by atoms with van der Waals surface area (Å²) in [5.74, 6) is -1.06. The summed E-state index contributed by atoms with van der Waals surface area (Å²) in [6.45, 7) is 1.48. The van der Waals surface area contributed by atoms with E-state index in [-0.39, 0.29) is 31.4 Å². The third kappa shape index (κ3) is 7.16. The number of methoxy groups -OCH3 is 1. The first-order valence-electron chi connectivity index (χ1n) is 10.6. The zero-order valence-electron chi connectivity index (χ0n) is 19.0. The van der Waals surface area contributed by atoms with Crippen molar-refractivity contribution < 1.29 is 23.5 Å². The molecule has 0 saturated heterocycles. The van der Waals surface area contributed by atoms with Crippen LogP contribution in [0.4, 0.5) is 10.1 Å². The summed E-state index contributed by atoms with van der Waals surface area (Å²) in [5, 5.41) is 5.26. The van der Waals surface area contributed by atoms with Gasteiger partial charge in [-0.15, -0.1) is 0 Å². The minimum Gasteiger partial charge on any atom is -0.497 e. The van der Waals surface area contributed by atoms with Gasteiger partial charge in [0, 0.05) is 17.8 Å². The van der Waals surface area contributed by atoms with Crippen molar-refractivity contribution in [3.05, 3.63) is 95.3 Å². The van der Waals surface area contributed by atoms with Gasteiger partial charge in [0.05, 0.1) is 13.7 Å². The Morgan fingerprint density at radius 3 is 2.29 bits per heavy atom. The normalized spacial score (nSPS) is 10.3. The SMILES string of the molecule is COc1ccc(C(=O)N(CC(=O)NCC(=O)Nc2cccc(C)c2)Cc2ccc(F)cc2)cc1. The summed E-state index contributed by atoms with van der Waals surface area (Å²) in [6, 6.07) is 19.5. The van der Waals surface area contributed by atoms with Crippen LogP contribution in [0, 0.1) is 12.7 Å². The van der Waals surface area contributed by atoms with E-state index in [0.29, 0.717) is 22.6 Å². The summed E-state index contributed by atoms with van der Waals surface area (Å²) >= 11 is 0. The molecule has 2 N–H and O–H groups in total. The number of amides is 3. The molecule has 0 spiro atoms. The summed E-state index contributed by atoms with van der Waals surface area (Å²) in [7, 11) is 1.52. The van der Waals surface area contributed by atoms with Gasteiger partial charge in [0.1, 0.15) is 18.1 Å². The summed E-state index contributed by atoms with van der Waals surface area (Å²) in [4.78, 5) is 39.2. The number of hydrogen-bond donors (Lipinski definition) is 2. The molecule has 8 heteroatoms. The van der Waals surface area contributed by atoms with Crippen molar-refractivity contribution in [3.8, 4) is 5.75 Å². The molecular formula is C26H26FN3O4. The Labute approximate surface area is 197 Å². The molecule has 176 valence electrons. The fraction of sp³-hybridized carbons (Fsp3) is 0.192.